The van der Waals surface area contributed by atoms with Crippen molar-refractivity contribution in [3.05, 3.63) is 21.9 Å². The van der Waals surface area contributed by atoms with Gasteiger partial charge >= 0.3 is 0 Å². The van der Waals surface area contributed by atoms with Crippen LogP contribution in [0.3, 0.4) is 0 Å². The van der Waals surface area contributed by atoms with Crippen molar-refractivity contribution in [1.82, 2.24) is 0 Å². The zero-order valence-corrected chi connectivity index (χ0v) is 11.3. The van der Waals surface area contributed by atoms with Crippen LogP contribution in [0.25, 0.3) is 0 Å². The van der Waals surface area contributed by atoms with Crippen molar-refractivity contribution in [2.75, 3.05) is 19.8 Å². The smallest absolute Gasteiger partial charge is 0.168 e. The Morgan fingerprint density at radius 2 is 2.06 bits per heavy atom. The summed E-state index contributed by atoms with van der Waals surface area (Å²) in [5.41, 5.74) is -0.373. The summed E-state index contributed by atoms with van der Waals surface area (Å²) in [7, 11) is 0. The molecule has 17 heavy (non-hydrogen) atoms. The fourth-order valence-corrected chi connectivity index (χ4v) is 2.22. The maximum atomic E-state index is 14.2. The van der Waals surface area contributed by atoms with E-state index in [-0.39, 0.29) is 6.61 Å². The Bertz CT molecular complexity index is 446. The van der Waals surface area contributed by atoms with Crippen molar-refractivity contribution in [3.63, 3.8) is 0 Å². The number of hydrogen-bond donors (Lipinski definition) is 1. The zero-order valence-electron chi connectivity index (χ0n) is 9.72. The van der Waals surface area contributed by atoms with Gasteiger partial charge in [0.1, 0.15) is 19.0 Å². The van der Waals surface area contributed by atoms with Crippen molar-refractivity contribution in [2.45, 2.75) is 19.3 Å². The minimum absolute atomic E-state index is 0.170. The number of fused-ring (bicyclic) bond motifs is 1. The molecule has 1 aliphatic rings. The van der Waals surface area contributed by atoms with Crippen LogP contribution in [-0.4, -0.2) is 24.9 Å². The molecule has 0 atom stereocenters. The van der Waals surface area contributed by atoms with Crippen molar-refractivity contribution < 1.29 is 19.0 Å². The summed E-state index contributed by atoms with van der Waals surface area (Å²) in [6, 6.07) is 1.56. The van der Waals surface area contributed by atoms with Crippen molar-refractivity contribution in [3.8, 4) is 11.5 Å². The Labute approximate surface area is 108 Å². The molecule has 1 heterocycles. The van der Waals surface area contributed by atoms with Gasteiger partial charge in [0.05, 0.1) is 11.1 Å². The summed E-state index contributed by atoms with van der Waals surface area (Å²) in [4.78, 5) is 0. The maximum absolute atomic E-state index is 14.2. The Kier molecular flexibility index (Phi) is 3.32. The molecule has 0 radical (unpaired) electrons. The molecule has 2 rings (SSSR count). The van der Waals surface area contributed by atoms with Gasteiger partial charge in [0.15, 0.2) is 11.5 Å². The minimum atomic E-state index is -0.724. The maximum Gasteiger partial charge on any atom is 0.168 e. The fraction of sp³-hybridized carbons (Fsp3) is 0.500. The highest BCUT2D eigenvalue weighted by atomic mass is 79.9. The predicted molar refractivity (Wildman–Crippen MR) is 65.2 cm³/mol. The van der Waals surface area contributed by atoms with E-state index >= 15 is 0 Å². The van der Waals surface area contributed by atoms with Crippen LogP contribution in [0.4, 0.5) is 4.39 Å². The van der Waals surface area contributed by atoms with Crippen LogP contribution < -0.4 is 9.47 Å². The number of halogens is 2. The molecular formula is C12H14BrFO3. The first-order valence-electron chi connectivity index (χ1n) is 5.36. The van der Waals surface area contributed by atoms with Gasteiger partial charge in [-0.25, -0.2) is 4.39 Å². The third kappa shape index (κ3) is 2.13. The molecule has 5 heteroatoms. The van der Waals surface area contributed by atoms with Crippen LogP contribution >= 0.6 is 15.9 Å². The lowest BCUT2D eigenvalue weighted by Crippen LogP contribution is -2.27. The molecule has 1 aliphatic heterocycles. The number of benzene rings is 1. The Balaban J connectivity index is 2.67. The number of hydrogen-bond acceptors (Lipinski definition) is 3. The Morgan fingerprint density at radius 1 is 1.41 bits per heavy atom. The van der Waals surface area contributed by atoms with E-state index in [1.807, 2.05) is 0 Å². The van der Waals surface area contributed by atoms with E-state index in [0.29, 0.717) is 34.7 Å². The highest BCUT2D eigenvalue weighted by Gasteiger charge is 2.32. The van der Waals surface area contributed by atoms with E-state index in [1.165, 1.54) is 0 Å². The van der Waals surface area contributed by atoms with Crippen molar-refractivity contribution in [1.29, 1.82) is 0 Å². The van der Waals surface area contributed by atoms with Gasteiger partial charge in [-0.2, -0.15) is 0 Å². The topological polar surface area (TPSA) is 38.7 Å². The summed E-state index contributed by atoms with van der Waals surface area (Å²) in [5, 5.41) is 9.39. The number of aliphatic hydroxyl groups is 1. The van der Waals surface area contributed by atoms with Crippen LogP contribution in [0.5, 0.6) is 11.5 Å². The standard InChI is InChI=1S/C12H14BrFO3/c1-12(2,6-15)9-10(14)7(13)5-8-11(9)17-4-3-16-8/h5,15H,3-4,6H2,1-2H3. The largest absolute Gasteiger partial charge is 0.486 e. The fourth-order valence-electron chi connectivity index (χ4n) is 1.82. The van der Waals surface area contributed by atoms with Crippen LogP contribution in [0.2, 0.25) is 0 Å². The Morgan fingerprint density at radius 3 is 2.71 bits per heavy atom. The summed E-state index contributed by atoms with van der Waals surface area (Å²) >= 11 is 3.15. The molecule has 0 aliphatic carbocycles. The molecule has 0 spiro atoms. The average molecular weight is 305 g/mol. The first-order chi connectivity index (χ1) is 7.97. The van der Waals surface area contributed by atoms with Gasteiger partial charge in [-0.05, 0) is 15.9 Å². The first kappa shape index (κ1) is 12.6. The van der Waals surface area contributed by atoms with E-state index in [4.69, 9.17) is 9.47 Å². The van der Waals surface area contributed by atoms with Gasteiger partial charge in [0, 0.05) is 17.0 Å². The molecule has 0 amide bonds. The summed E-state index contributed by atoms with van der Waals surface area (Å²) in [6.07, 6.45) is 0. The molecule has 1 N–H and O–H groups in total. The molecular weight excluding hydrogens is 291 g/mol. The molecule has 0 bridgehead atoms. The predicted octanol–water partition coefficient (Wildman–Crippen LogP) is 2.63. The lowest BCUT2D eigenvalue weighted by molar-refractivity contribution is 0.158. The third-order valence-electron chi connectivity index (χ3n) is 2.80. The SMILES string of the molecule is CC(C)(CO)c1c(F)c(Br)cc2c1OCCO2. The Hall–Kier alpha value is -0.810. The third-order valence-corrected chi connectivity index (χ3v) is 3.37. The monoisotopic (exact) mass is 304 g/mol. The second-order valence-electron chi connectivity index (χ2n) is 4.61. The molecule has 0 fully saturated rings. The molecule has 0 aromatic heterocycles. The lowest BCUT2D eigenvalue weighted by Gasteiger charge is -2.29. The molecule has 1 aromatic rings. The quantitative estimate of drug-likeness (QED) is 0.913. The van der Waals surface area contributed by atoms with E-state index in [0.717, 1.165) is 0 Å². The number of rotatable bonds is 2. The molecule has 3 nitrogen and oxygen atoms in total. The number of ether oxygens (including phenoxy) is 2. The first-order valence-corrected chi connectivity index (χ1v) is 6.15. The van der Waals surface area contributed by atoms with Gasteiger partial charge in [-0.3, -0.25) is 0 Å². The average Bonchev–Trinajstić information content (AvgIpc) is 2.30. The second-order valence-corrected chi connectivity index (χ2v) is 5.47. The van der Waals surface area contributed by atoms with Crippen molar-refractivity contribution >= 4 is 15.9 Å². The second kappa shape index (κ2) is 4.46. The van der Waals surface area contributed by atoms with Crippen LogP contribution in [-0.2, 0) is 5.41 Å². The van der Waals surface area contributed by atoms with Crippen LogP contribution in [0, 0.1) is 5.82 Å². The van der Waals surface area contributed by atoms with E-state index < -0.39 is 11.2 Å². The number of aliphatic hydroxyl groups excluding tert-OH is 1. The van der Waals surface area contributed by atoms with Crippen molar-refractivity contribution in [2.24, 2.45) is 0 Å². The zero-order chi connectivity index (χ0) is 12.6. The van der Waals surface area contributed by atoms with Gasteiger partial charge in [-0.1, -0.05) is 13.8 Å². The highest BCUT2D eigenvalue weighted by molar-refractivity contribution is 9.10. The van der Waals surface area contributed by atoms with Gasteiger partial charge in [0.25, 0.3) is 0 Å². The van der Waals surface area contributed by atoms with E-state index in [1.54, 1.807) is 19.9 Å². The molecule has 0 saturated carbocycles. The molecule has 94 valence electrons. The summed E-state index contributed by atoms with van der Waals surface area (Å²) in [5.74, 6) is 0.505. The molecule has 0 unspecified atom stereocenters. The van der Waals surface area contributed by atoms with Crippen LogP contribution in [0.15, 0.2) is 10.5 Å². The van der Waals surface area contributed by atoms with E-state index in [2.05, 4.69) is 15.9 Å². The van der Waals surface area contributed by atoms with Gasteiger partial charge in [0.2, 0.25) is 0 Å². The van der Waals surface area contributed by atoms with Gasteiger partial charge in [-0.15, -0.1) is 0 Å². The molecule has 0 saturated heterocycles. The highest BCUT2D eigenvalue weighted by Crippen LogP contribution is 2.44. The van der Waals surface area contributed by atoms with E-state index in [9.17, 15) is 9.50 Å². The minimum Gasteiger partial charge on any atom is -0.486 e. The molecule has 1 aromatic carbocycles. The lowest BCUT2D eigenvalue weighted by atomic mass is 9.84. The summed E-state index contributed by atoms with van der Waals surface area (Å²) in [6.45, 7) is 4.19. The van der Waals surface area contributed by atoms with Crippen LogP contribution in [0.1, 0.15) is 19.4 Å². The van der Waals surface area contributed by atoms with Gasteiger partial charge < -0.3 is 14.6 Å². The normalized spacial score (nSPS) is 14.9. The summed E-state index contributed by atoms with van der Waals surface area (Å²) < 4.78 is 25.4.